The maximum atomic E-state index is 12.9. The lowest BCUT2D eigenvalue weighted by molar-refractivity contribution is 0.452. The summed E-state index contributed by atoms with van der Waals surface area (Å²) in [6.07, 6.45) is 2.07. The molecule has 0 bridgehead atoms. The zero-order valence-corrected chi connectivity index (χ0v) is 7.96. The first-order valence-corrected chi connectivity index (χ1v) is 4.79. The Morgan fingerprint density at radius 2 is 2.33 bits per heavy atom. The highest BCUT2D eigenvalue weighted by Crippen LogP contribution is 2.25. The first-order valence-electron chi connectivity index (χ1n) is 4.79. The monoisotopic (exact) mass is 204 g/mol. The van der Waals surface area contributed by atoms with E-state index in [4.69, 9.17) is 4.52 Å². The van der Waals surface area contributed by atoms with Gasteiger partial charge in [0.15, 0.2) is 5.58 Å². The standard InChI is InChI=1S/C11H9FN2O/c12-8-1-2-9-10(5-8)15-14-11(9)7-3-4-13-6-7/h1-3,5,13H,4,6H2. The molecule has 1 aliphatic rings. The fraction of sp³-hybridized carbons (Fsp3) is 0.182. The average molecular weight is 204 g/mol. The first kappa shape index (κ1) is 8.61. The predicted octanol–water partition coefficient (Wildman–Crippen LogP) is 1.95. The molecule has 3 rings (SSSR count). The van der Waals surface area contributed by atoms with Gasteiger partial charge in [0.1, 0.15) is 11.5 Å². The molecule has 0 fully saturated rings. The summed E-state index contributed by atoms with van der Waals surface area (Å²) in [6, 6.07) is 4.48. The van der Waals surface area contributed by atoms with E-state index in [9.17, 15) is 4.39 Å². The molecule has 1 aliphatic heterocycles. The summed E-state index contributed by atoms with van der Waals surface area (Å²) in [5.41, 5.74) is 2.42. The van der Waals surface area contributed by atoms with Crippen molar-refractivity contribution in [1.29, 1.82) is 0 Å². The van der Waals surface area contributed by atoms with Crippen molar-refractivity contribution in [1.82, 2.24) is 10.5 Å². The molecule has 0 spiro atoms. The molecule has 1 N–H and O–H groups in total. The van der Waals surface area contributed by atoms with Crippen LogP contribution in [0, 0.1) is 5.82 Å². The van der Waals surface area contributed by atoms with Crippen molar-refractivity contribution in [2.45, 2.75) is 0 Å². The van der Waals surface area contributed by atoms with Crippen molar-refractivity contribution >= 4 is 16.5 Å². The van der Waals surface area contributed by atoms with Crippen molar-refractivity contribution in [3.05, 3.63) is 35.8 Å². The molecule has 0 amide bonds. The maximum Gasteiger partial charge on any atom is 0.170 e. The smallest absolute Gasteiger partial charge is 0.170 e. The van der Waals surface area contributed by atoms with E-state index in [-0.39, 0.29) is 5.82 Å². The molecule has 0 unspecified atom stereocenters. The van der Waals surface area contributed by atoms with Gasteiger partial charge >= 0.3 is 0 Å². The van der Waals surface area contributed by atoms with Crippen LogP contribution < -0.4 is 5.32 Å². The molecule has 3 nitrogen and oxygen atoms in total. The van der Waals surface area contributed by atoms with E-state index in [2.05, 4.69) is 16.5 Å². The van der Waals surface area contributed by atoms with E-state index in [1.165, 1.54) is 12.1 Å². The van der Waals surface area contributed by atoms with Crippen LogP contribution in [0.15, 0.2) is 28.8 Å². The number of hydrogen-bond acceptors (Lipinski definition) is 3. The van der Waals surface area contributed by atoms with Gasteiger partial charge in [0.25, 0.3) is 0 Å². The second-order valence-electron chi connectivity index (χ2n) is 3.53. The lowest BCUT2D eigenvalue weighted by atomic mass is 10.1. The summed E-state index contributed by atoms with van der Waals surface area (Å²) in [6.45, 7) is 1.64. The van der Waals surface area contributed by atoms with Gasteiger partial charge in [-0.25, -0.2) is 4.39 Å². The van der Waals surface area contributed by atoms with Gasteiger partial charge in [-0.2, -0.15) is 0 Å². The normalized spacial score (nSPS) is 15.9. The van der Waals surface area contributed by atoms with E-state index in [1.807, 2.05) is 0 Å². The third-order valence-corrected chi connectivity index (χ3v) is 2.55. The average Bonchev–Trinajstić information content (AvgIpc) is 2.82. The Morgan fingerprint density at radius 1 is 1.40 bits per heavy atom. The van der Waals surface area contributed by atoms with Gasteiger partial charge in [0.05, 0.1) is 0 Å². The van der Waals surface area contributed by atoms with E-state index in [0.29, 0.717) is 5.58 Å². The van der Waals surface area contributed by atoms with Crippen LogP contribution in [0.5, 0.6) is 0 Å². The molecule has 0 atom stereocenters. The molecular formula is C11H9FN2O. The summed E-state index contributed by atoms with van der Waals surface area (Å²) < 4.78 is 18.0. The molecule has 0 saturated carbocycles. The highest BCUT2D eigenvalue weighted by atomic mass is 19.1. The molecule has 1 aromatic heterocycles. The number of fused-ring (bicyclic) bond motifs is 1. The molecule has 15 heavy (non-hydrogen) atoms. The summed E-state index contributed by atoms with van der Waals surface area (Å²) in [7, 11) is 0. The third kappa shape index (κ3) is 1.34. The zero-order valence-electron chi connectivity index (χ0n) is 7.96. The Labute approximate surface area is 85.6 Å². The zero-order chi connectivity index (χ0) is 10.3. The van der Waals surface area contributed by atoms with Gasteiger partial charge in [-0.1, -0.05) is 11.2 Å². The Kier molecular flexibility index (Phi) is 1.82. The highest BCUT2D eigenvalue weighted by Gasteiger charge is 2.15. The van der Waals surface area contributed by atoms with Crippen LogP contribution >= 0.6 is 0 Å². The molecule has 1 aromatic carbocycles. The molecule has 76 valence electrons. The Morgan fingerprint density at radius 3 is 3.13 bits per heavy atom. The SMILES string of the molecule is Fc1ccc2c(C3=CCNC3)noc2c1. The summed E-state index contributed by atoms with van der Waals surface area (Å²) in [5.74, 6) is -0.302. The Hall–Kier alpha value is -1.68. The number of nitrogens with one attached hydrogen (secondary N) is 1. The number of aromatic nitrogens is 1. The molecule has 4 heteroatoms. The molecule has 0 saturated heterocycles. The second kappa shape index (κ2) is 3.17. The lowest BCUT2D eigenvalue weighted by Gasteiger charge is -1.95. The largest absolute Gasteiger partial charge is 0.356 e. The lowest BCUT2D eigenvalue weighted by Crippen LogP contribution is -2.07. The van der Waals surface area contributed by atoms with Gasteiger partial charge < -0.3 is 9.84 Å². The molecule has 2 heterocycles. The minimum absolute atomic E-state index is 0.302. The number of rotatable bonds is 1. The Bertz CT molecular complexity index is 545. The summed E-state index contributed by atoms with van der Waals surface area (Å²) in [4.78, 5) is 0. The first-order chi connectivity index (χ1) is 7.34. The summed E-state index contributed by atoms with van der Waals surface area (Å²) in [5, 5.41) is 8.02. The van der Waals surface area contributed by atoms with Crippen molar-refractivity contribution in [2.24, 2.45) is 0 Å². The number of halogens is 1. The molecule has 0 aliphatic carbocycles. The van der Waals surface area contributed by atoms with Gasteiger partial charge in [-0.05, 0) is 17.7 Å². The molecular weight excluding hydrogens is 195 g/mol. The van der Waals surface area contributed by atoms with Crippen molar-refractivity contribution in [2.75, 3.05) is 13.1 Å². The molecule has 2 aromatic rings. The fourth-order valence-electron chi connectivity index (χ4n) is 1.80. The minimum atomic E-state index is -0.302. The quantitative estimate of drug-likeness (QED) is 0.771. The highest BCUT2D eigenvalue weighted by molar-refractivity contribution is 5.89. The van der Waals surface area contributed by atoms with E-state index < -0.39 is 0 Å². The van der Waals surface area contributed by atoms with Crippen LogP contribution in [-0.2, 0) is 0 Å². The van der Waals surface area contributed by atoms with E-state index >= 15 is 0 Å². The van der Waals surface area contributed by atoms with Crippen LogP contribution in [0.1, 0.15) is 5.69 Å². The van der Waals surface area contributed by atoms with Crippen LogP contribution in [-0.4, -0.2) is 18.2 Å². The third-order valence-electron chi connectivity index (χ3n) is 2.55. The van der Waals surface area contributed by atoms with Gasteiger partial charge in [0, 0.05) is 24.5 Å². The van der Waals surface area contributed by atoms with Crippen LogP contribution in [0.3, 0.4) is 0 Å². The van der Waals surface area contributed by atoms with Crippen LogP contribution in [0.4, 0.5) is 4.39 Å². The van der Waals surface area contributed by atoms with Gasteiger partial charge in [-0.15, -0.1) is 0 Å². The van der Waals surface area contributed by atoms with Crippen molar-refractivity contribution in [3.8, 4) is 0 Å². The number of hydrogen-bond donors (Lipinski definition) is 1. The Balaban J connectivity index is 2.19. The van der Waals surface area contributed by atoms with Crippen LogP contribution in [0.2, 0.25) is 0 Å². The van der Waals surface area contributed by atoms with Gasteiger partial charge in [0.2, 0.25) is 0 Å². The van der Waals surface area contributed by atoms with E-state index in [1.54, 1.807) is 6.07 Å². The number of nitrogens with zero attached hydrogens (tertiary/aromatic N) is 1. The van der Waals surface area contributed by atoms with E-state index in [0.717, 1.165) is 29.7 Å². The van der Waals surface area contributed by atoms with Gasteiger partial charge in [-0.3, -0.25) is 0 Å². The van der Waals surface area contributed by atoms with Crippen molar-refractivity contribution < 1.29 is 8.91 Å². The predicted molar refractivity (Wildman–Crippen MR) is 54.8 cm³/mol. The second-order valence-corrected chi connectivity index (χ2v) is 3.53. The number of benzene rings is 1. The van der Waals surface area contributed by atoms with Crippen LogP contribution in [0.25, 0.3) is 16.5 Å². The minimum Gasteiger partial charge on any atom is -0.356 e. The molecule has 0 radical (unpaired) electrons. The topological polar surface area (TPSA) is 38.1 Å². The summed E-state index contributed by atoms with van der Waals surface area (Å²) >= 11 is 0. The maximum absolute atomic E-state index is 12.9. The van der Waals surface area contributed by atoms with Crippen molar-refractivity contribution in [3.63, 3.8) is 0 Å². The fourth-order valence-corrected chi connectivity index (χ4v) is 1.80.